The van der Waals surface area contributed by atoms with Crippen molar-refractivity contribution in [2.75, 3.05) is 6.26 Å². The predicted molar refractivity (Wildman–Crippen MR) is 70.7 cm³/mol. The van der Waals surface area contributed by atoms with Gasteiger partial charge in [-0.2, -0.15) is 0 Å². The predicted octanol–water partition coefficient (Wildman–Crippen LogP) is 2.69. The van der Waals surface area contributed by atoms with Crippen LogP contribution in [-0.2, 0) is 14.6 Å². The second kappa shape index (κ2) is 4.51. The molecule has 0 saturated carbocycles. The SMILES string of the molecule is CC(=O)C(=C1Sc2ccccc2S1)S(C)(=O)=O. The van der Waals surface area contributed by atoms with Crippen LogP contribution in [0.4, 0.5) is 0 Å². The molecule has 17 heavy (non-hydrogen) atoms. The van der Waals surface area contributed by atoms with E-state index in [1.807, 2.05) is 24.3 Å². The molecule has 0 atom stereocenters. The number of thioether (sulfide) groups is 2. The summed E-state index contributed by atoms with van der Waals surface area (Å²) in [6.07, 6.45) is 1.07. The number of hydrogen-bond donors (Lipinski definition) is 0. The van der Waals surface area contributed by atoms with E-state index in [9.17, 15) is 13.2 Å². The number of fused-ring (bicyclic) bond motifs is 1. The maximum absolute atomic E-state index is 11.6. The van der Waals surface area contributed by atoms with E-state index >= 15 is 0 Å². The lowest BCUT2D eigenvalue weighted by molar-refractivity contribution is -0.113. The van der Waals surface area contributed by atoms with E-state index in [4.69, 9.17) is 0 Å². The number of hydrogen-bond acceptors (Lipinski definition) is 5. The van der Waals surface area contributed by atoms with Gasteiger partial charge < -0.3 is 0 Å². The highest BCUT2D eigenvalue weighted by Crippen LogP contribution is 2.52. The monoisotopic (exact) mass is 286 g/mol. The second-order valence-corrected chi connectivity index (χ2v) is 7.91. The van der Waals surface area contributed by atoms with Crippen LogP contribution < -0.4 is 0 Å². The van der Waals surface area contributed by atoms with Crippen LogP contribution in [0.5, 0.6) is 0 Å². The molecule has 0 spiro atoms. The van der Waals surface area contributed by atoms with Crippen molar-refractivity contribution in [2.45, 2.75) is 16.7 Å². The topological polar surface area (TPSA) is 51.2 Å². The number of rotatable bonds is 2. The van der Waals surface area contributed by atoms with Gasteiger partial charge in [0, 0.05) is 16.0 Å². The Morgan fingerprint density at radius 2 is 1.59 bits per heavy atom. The highest BCUT2D eigenvalue weighted by Gasteiger charge is 2.28. The Hall–Kier alpha value is -0.720. The molecule has 0 aromatic heterocycles. The standard InChI is InChI=1S/C11H10O3S3/c1-7(12)10(17(2,13)14)11-15-8-5-3-4-6-9(8)16-11/h3-6H,1-2H3. The summed E-state index contributed by atoms with van der Waals surface area (Å²) in [4.78, 5) is 13.4. The van der Waals surface area contributed by atoms with Crippen molar-refractivity contribution >= 4 is 39.1 Å². The van der Waals surface area contributed by atoms with E-state index in [1.165, 1.54) is 30.4 Å². The maximum atomic E-state index is 11.6. The van der Waals surface area contributed by atoms with Gasteiger partial charge in [-0.05, 0) is 19.1 Å². The number of allylic oxidation sites excluding steroid dienone is 1. The van der Waals surface area contributed by atoms with Gasteiger partial charge in [-0.15, -0.1) is 0 Å². The Balaban J connectivity index is 2.53. The van der Waals surface area contributed by atoms with Gasteiger partial charge in [-0.1, -0.05) is 35.7 Å². The molecule has 90 valence electrons. The van der Waals surface area contributed by atoms with Crippen molar-refractivity contribution in [1.29, 1.82) is 0 Å². The minimum absolute atomic E-state index is 0.0799. The molecular formula is C11H10O3S3. The summed E-state index contributed by atoms with van der Waals surface area (Å²) in [6, 6.07) is 7.62. The molecule has 0 radical (unpaired) electrons. The van der Waals surface area contributed by atoms with Crippen LogP contribution in [0, 0.1) is 0 Å². The lowest BCUT2D eigenvalue weighted by Gasteiger charge is -2.03. The quantitative estimate of drug-likeness (QED) is 0.782. The Morgan fingerprint density at radius 3 is 1.94 bits per heavy atom. The number of carbonyl (C=O) groups is 1. The molecule has 6 heteroatoms. The molecule has 0 unspecified atom stereocenters. The Labute approximate surface area is 109 Å². The normalized spacial score (nSPS) is 14.6. The van der Waals surface area contributed by atoms with E-state index in [0.717, 1.165) is 16.0 Å². The Bertz CT molecular complexity index is 588. The van der Waals surface area contributed by atoms with Gasteiger partial charge in [-0.3, -0.25) is 4.79 Å². The van der Waals surface area contributed by atoms with E-state index in [1.54, 1.807) is 0 Å². The highest BCUT2D eigenvalue weighted by atomic mass is 32.2. The number of Topliss-reactive ketones (excluding diaryl/α,β-unsaturated/α-hetero) is 1. The second-order valence-electron chi connectivity index (χ2n) is 3.60. The van der Waals surface area contributed by atoms with Gasteiger partial charge in [0.1, 0.15) is 4.91 Å². The first-order valence-electron chi connectivity index (χ1n) is 4.79. The van der Waals surface area contributed by atoms with Crippen molar-refractivity contribution < 1.29 is 13.2 Å². The fourth-order valence-electron chi connectivity index (χ4n) is 1.49. The van der Waals surface area contributed by atoms with Crippen molar-refractivity contribution in [3.63, 3.8) is 0 Å². The van der Waals surface area contributed by atoms with Gasteiger partial charge in [-0.25, -0.2) is 8.42 Å². The third kappa shape index (κ3) is 2.59. The molecule has 0 fully saturated rings. The van der Waals surface area contributed by atoms with Crippen molar-refractivity contribution in [1.82, 2.24) is 0 Å². The molecule has 0 aliphatic carbocycles. The van der Waals surface area contributed by atoms with Crippen molar-refractivity contribution in [3.05, 3.63) is 33.4 Å². The van der Waals surface area contributed by atoms with Crippen molar-refractivity contribution in [3.8, 4) is 0 Å². The molecular weight excluding hydrogens is 276 g/mol. The van der Waals surface area contributed by atoms with E-state index < -0.39 is 15.6 Å². The largest absolute Gasteiger partial charge is 0.294 e. The smallest absolute Gasteiger partial charge is 0.180 e. The van der Waals surface area contributed by atoms with Crippen LogP contribution >= 0.6 is 23.5 Å². The lowest BCUT2D eigenvalue weighted by atomic mass is 10.4. The van der Waals surface area contributed by atoms with E-state index in [2.05, 4.69) is 0 Å². The fraction of sp³-hybridized carbons (Fsp3) is 0.182. The molecule has 1 heterocycles. The summed E-state index contributed by atoms with van der Waals surface area (Å²) in [5, 5.41) is 0. The molecule has 0 saturated heterocycles. The summed E-state index contributed by atoms with van der Waals surface area (Å²) in [5.74, 6) is -0.407. The van der Waals surface area contributed by atoms with Crippen molar-refractivity contribution in [2.24, 2.45) is 0 Å². The van der Waals surface area contributed by atoms with E-state index in [0.29, 0.717) is 4.24 Å². The number of benzene rings is 1. The molecule has 0 bridgehead atoms. The molecule has 3 nitrogen and oxygen atoms in total. The molecule has 1 aromatic carbocycles. The Morgan fingerprint density at radius 1 is 1.12 bits per heavy atom. The van der Waals surface area contributed by atoms with Gasteiger partial charge in [0.25, 0.3) is 0 Å². The number of carbonyl (C=O) groups excluding carboxylic acids is 1. The zero-order valence-corrected chi connectivity index (χ0v) is 11.7. The summed E-state index contributed by atoms with van der Waals surface area (Å²) in [7, 11) is -3.48. The molecule has 1 aliphatic rings. The van der Waals surface area contributed by atoms with Crippen LogP contribution in [-0.4, -0.2) is 20.5 Å². The summed E-state index contributed by atoms with van der Waals surface area (Å²) < 4.78 is 23.8. The average molecular weight is 286 g/mol. The number of sulfone groups is 1. The first-order chi connectivity index (χ1) is 7.89. The fourth-order valence-corrected chi connectivity index (χ4v) is 5.93. The number of ketones is 1. The van der Waals surface area contributed by atoms with Crippen LogP contribution in [0.3, 0.4) is 0 Å². The molecule has 0 N–H and O–H groups in total. The zero-order chi connectivity index (χ0) is 12.6. The zero-order valence-electron chi connectivity index (χ0n) is 9.26. The first kappa shape index (κ1) is 12.7. The van der Waals surface area contributed by atoms with Gasteiger partial charge >= 0.3 is 0 Å². The van der Waals surface area contributed by atoms with Crippen LogP contribution in [0.15, 0.2) is 43.2 Å². The van der Waals surface area contributed by atoms with E-state index in [-0.39, 0.29) is 4.91 Å². The van der Waals surface area contributed by atoms with Crippen LogP contribution in [0.1, 0.15) is 6.92 Å². The third-order valence-electron chi connectivity index (χ3n) is 2.13. The lowest BCUT2D eigenvalue weighted by Crippen LogP contribution is -2.10. The highest BCUT2D eigenvalue weighted by molar-refractivity contribution is 8.25. The summed E-state index contributed by atoms with van der Waals surface area (Å²) in [6.45, 7) is 1.29. The summed E-state index contributed by atoms with van der Waals surface area (Å²) in [5.41, 5.74) is 0. The third-order valence-corrected chi connectivity index (χ3v) is 6.18. The van der Waals surface area contributed by atoms with Gasteiger partial charge in [0.2, 0.25) is 0 Å². The molecule has 0 amide bonds. The molecule has 2 rings (SSSR count). The maximum Gasteiger partial charge on any atom is 0.180 e. The minimum atomic E-state index is -3.48. The average Bonchev–Trinajstić information content (AvgIpc) is 2.56. The Kier molecular flexibility index (Phi) is 3.38. The van der Waals surface area contributed by atoms with Crippen LogP contribution in [0.2, 0.25) is 0 Å². The minimum Gasteiger partial charge on any atom is -0.294 e. The van der Waals surface area contributed by atoms with Gasteiger partial charge in [0.15, 0.2) is 15.6 Å². The molecule has 1 aromatic rings. The first-order valence-corrected chi connectivity index (χ1v) is 8.32. The molecule has 1 aliphatic heterocycles. The summed E-state index contributed by atoms with van der Waals surface area (Å²) >= 11 is 2.68. The van der Waals surface area contributed by atoms with Gasteiger partial charge in [0.05, 0.1) is 4.24 Å². The van der Waals surface area contributed by atoms with Crippen LogP contribution in [0.25, 0.3) is 0 Å².